The SMILES string of the molecule is N#CC1CN(S(=O)(=O)c2cccc(C(=O)N3c4ccccc4C[C@H]3C(=O)NCc3ccc(C(F)(F)F)cc3)c2)C1. The number of carbonyl (C=O) groups is 2. The molecule has 0 radical (unpaired) electrons. The second kappa shape index (κ2) is 10.4. The highest BCUT2D eigenvalue weighted by atomic mass is 32.2. The van der Waals surface area contributed by atoms with E-state index in [1.54, 1.807) is 24.3 Å². The number of anilines is 1. The standard InChI is InChI=1S/C28H23F3N4O4S/c29-28(30,31)22-10-8-18(9-11-22)15-33-26(36)25-13-20-4-1-2-7-24(20)35(25)27(37)21-5-3-6-23(12-21)40(38,39)34-16-19(14-32)17-34/h1-12,19,25H,13,15-17H2,(H,33,36)/t25-/m0/s1. The second-order valence-electron chi connectivity index (χ2n) is 9.61. The molecule has 1 N–H and O–H groups in total. The lowest BCUT2D eigenvalue weighted by molar-refractivity contribution is -0.137. The number of nitrogens with zero attached hydrogens (tertiary/aromatic N) is 3. The maximum Gasteiger partial charge on any atom is 0.416 e. The van der Waals surface area contributed by atoms with E-state index in [0.29, 0.717) is 11.3 Å². The molecule has 1 fully saturated rings. The zero-order valence-corrected chi connectivity index (χ0v) is 21.7. The summed E-state index contributed by atoms with van der Waals surface area (Å²) in [5.41, 5.74) is 0.981. The van der Waals surface area contributed by atoms with E-state index in [1.807, 2.05) is 6.07 Å². The van der Waals surface area contributed by atoms with Gasteiger partial charge in [-0.25, -0.2) is 8.42 Å². The second-order valence-corrected chi connectivity index (χ2v) is 11.6. The molecule has 3 aromatic carbocycles. The monoisotopic (exact) mass is 568 g/mol. The minimum Gasteiger partial charge on any atom is -0.350 e. The minimum absolute atomic E-state index is 0.0426. The van der Waals surface area contributed by atoms with Gasteiger partial charge in [-0.2, -0.15) is 22.7 Å². The van der Waals surface area contributed by atoms with Gasteiger partial charge < -0.3 is 5.32 Å². The van der Waals surface area contributed by atoms with E-state index in [1.165, 1.54) is 45.6 Å². The zero-order valence-electron chi connectivity index (χ0n) is 20.9. The molecule has 206 valence electrons. The van der Waals surface area contributed by atoms with Crippen LogP contribution in [0.2, 0.25) is 0 Å². The van der Waals surface area contributed by atoms with E-state index in [0.717, 1.165) is 17.7 Å². The van der Waals surface area contributed by atoms with Gasteiger partial charge in [-0.15, -0.1) is 0 Å². The fraction of sp³-hybridized carbons (Fsp3) is 0.250. The van der Waals surface area contributed by atoms with Crippen molar-refractivity contribution in [3.63, 3.8) is 0 Å². The number of nitriles is 1. The molecule has 5 rings (SSSR count). The van der Waals surface area contributed by atoms with Gasteiger partial charge in [0.05, 0.1) is 22.4 Å². The number of sulfonamides is 1. The number of para-hydroxylation sites is 1. The van der Waals surface area contributed by atoms with Crippen molar-refractivity contribution < 1.29 is 31.2 Å². The van der Waals surface area contributed by atoms with Crippen LogP contribution in [0.1, 0.15) is 27.0 Å². The molecule has 40 heavy (non-hydrogen) atoms. The first-order valence-corrected chi connectivity index (χ1v) is 13.8. The molecule has 1 atom stereocenters. The number of fused-ring (bicyclic) bond motifs is 1. The molecule has 2 amide bonds. The fourth-order valence-electron chi connectivity index (χ4n) is 4.76. The summed E-state index contributed by atoms with van der Waals surface area (Å²) in [4.78, 5) is 28.2. The third-order valence-electron chi connectivity index (χ3n) is 6.99. The van der Waals surface area contributed by atoms with Crippen LogP contribution in [0.15, 0.2) is 77.7 Å². The molecule has 0 saturated carbocycles. The lowest BCUT2D eigenvalue weighted by Crippen LogP contribution is -2.49. The Hall–Kier alpha value is -4.21. The van der Waals surface area contributed by atoms with Crippen molar-refractivity contribution in [1.29, 1.82) is 5.26 Å². The lowest BCUT2D eigenvalue weighted by Gasteiger charge is -2.34. The number of alkyl halides is 3. The molecule has 0 aromatic heterocycles. The average Bonchev–Trinajstić information content (AvgIpc) is 3.30. The highest BCUT2D eigenvalue weighted by Gasteiger charge is 2.40. The van der Waals surface area contributed by atoms with Gasteiger partial charge in [0.1, 0.15) is 6.04 Å². The Morgan fingerprint density at radius 2 is 1.70 bits per heavy atom. The highest BCUT2D eigenvalue weighted by molar-refractivity contribution is 7.89. The lowest BCUT2D eigenvalue weighted by atomic mass is 10.1. The molecule has 1 saturated heterocycles. The van der Waals surface area contributed by atoms with Crippen LogP contribution in [-0.4, -0.2) is 43.7 Å². The van der Waals surface area contributed by atoms with Crippen LogP contribution in [0.3, 0.4) is 0 Å². The first-order valence-electron chi connectivity index (χ1n) is 12.3. The van der Waals surface area contributed by atoms with E-state index in [9.17, 15) is 31.2 Å². The van der Waals surface area contributed by atoms with Crippen molar-refractivity contribution in [2.75, 3.05) is 18.0 Å². The van der Waals surface area contributed by atoms with E-state index in [4.69, 9.17) is 5.26 Å². The van der Waals surface area contributed by atoms with Crippen LogP contribution in [0.25, 0.3) is 0 Å². The van der Waals surface area contributed by atoms with Crippen LogP contribution in [0, 0.1) is 17.2 Å². The molecular weight excluding hydrogens is 545 g/mol. The maximum absolute atomic E-state index is 13.7. The number of benzene rings is 3. The first kappa shape index (κ1) is 27.4. The smallest absolute Gasteiger partial charge is 0.350 e. The number of nitrogens with one attached hydrogen (secondary N) is 1. The molecule has 2 aliphatic heterocycles. The Kier molecular flexibility index (Phi) is 7.12. The Labute approximate surface area is 228 Å². The maximum atomic E-state index is 13.7. The van der Waals surface area contributed by atoms with Gasteiger partial charge in [-0.3, -0.25) is 14.5 Å². The minimum atomic E-state index is -4.47. The predicted molar refractivity (Wildman–Crippen MR) is 138 cm³/mol. The number of hydrogen-bond donors (Lipinski definition) is 1. The molecule has 0 unspecified atom stereocenters. The highest BCUT2D eigenvalue weighted by Crippen LogP contribution is 2.34. The van der Waals surface area contributed by atoms with E-state index >= 15 is 0 Å². The summed E-state index contributed by atoms with van der Waals surface area (Å²) in [7, 11) is -3.91. The molecule has 8 nitrogen and oxygen atoms in total. The van der Waals surface area contributed by atoms with E-state index in [2.05, 4.69) is 5.32 Å². The van der Waals surface area contributed by atoms with Gasteiger partial charge in [0.25, 0.3) is 5.91 Å². The summed E-state index contributed by atoms with van der Waals surface area (Å²) in [6, 6.07) is 18.0. The van der Waals surface area contributed by atoms with Crippen LogP contribution >= 0.6 is 0 Å². The summed E-state index contributed by atoms with van der Waals surface area (Å²) in [5.74, 6) is -1.45. The van der Waals surface area contributed by atoms with E-state index < -0.39 is 39.6 Å². The topological polar surface area (TPSA) is 111 Å². The normalized spacial score (nSPS) is 17.6. The van der Waals surface area contributed by atoms with Gasteiger partial charge in [0, 0.05) is 37.3 Å². The number of carbonyl (C=O) groups excluding carboxylic acids is 2. The van der Waals surface area contributed by atoms with Gasteiger partial charge in [-0.1, -0.05) is 36.4 Å². The molecule has 2 heterocycles. The summed E-state index contributed by atoms with van der Waals surface area (Å²) in [5, 5.41) is 11.7. The van der Waals surface area contributed by atoms with E-state index in [-0.39, 0.29) is 42.4 Å². The van der Waals surface area contributed by atoms with Gasteiger partial charge >= 0.3 is 6.18 Å². The third-order valence-corrected chi connectivity index (χ3v) is 8.82. The van der Waals surface area contributed by atoms with Crippen molar-refractivity contribution in [3.05, 3.63) is 95.1 Å². The summed E-state index contributed by atoms with van der Waals surface area (Å²) >= 11 is 0. The molecule has 0 spiro atoms. The van der Waals surface area contributed by atoms with Crippen LogP contribution in [-0.2, 0) is 34.0 Å². The summed E-state index contributed by atoms with van der Waals surface area (Å²) in [6.07, 6.45) is -4.26. The molecular formula is C28H23F3N4O4S. The molecule has 0 bridgehead atoms. The van der Waals surface area contributed by atoms with Gasteiger partial charge in [0.2, 0.25) is 15.9 Å². The Bertz CT molecular complexity index is 1610. The van der Waals surface area contributed by atoms with Crippen LogP contribution in [0.5, 0.6) is 0 Å². The first-order chi connectivity index (χ1) is 19.0. The number of amides is 2. The van der Waals surface area contributed by atoms with Crippen molar-refractivity contribution in [2.45, 2.75) is 30.1 Å². The molecule has 2 aliphatic rings. The third kappa shape index (κ3) is 5.17. The van der Waals surface area contributed by atoms with Crippen LogP contribution in [0.4, 0.5) is 18.9 Å². The molecule has 12 heteroatoms. The van der Waals surface area contributed by atoms with Crippen molar-refractivity contribution in [2.24, 2.45) is 5.92 Å². The zero-order chi connectivity index (χ0) is 28.7. The molecule has 0 aliphatic carbocycles. The number of hydrogen-bond acceptors (Lipinski definition) is 5. The van der Waals surface area contributed by atoms with Crippen molar-refractivity contribution >= 4 is 27.5 Å². The quantitative estimate of drug-likeness (QED) is 0.487. The van der Waals surface area contributed by atoms with Crippen molar-refractivity contribution in [1.82, 2.24) is 9.62 Å². The largest absolute Gasteiger partial charge is 0.416 e. The van der Waals surface area contributed by atoms with Crippen LogP contribution < -0.4 is 10.2 Å². The fourth-order valence-corrected chi connectivity index (χ4v) is 6.34. The summed E-state index contributed by atoms with van der Waals surface area (Å²) < 4.78 is 65.7. The Morgan fingerprint density at radius 1 is 1.00 bits per heavy atom. The average molecular weight is 569 g/mol. The number of rotatable bonds is 6. The number of halogens is 3. The predicted octanol–water partition coefficient (Wildman–Crippen LogP) is 3.74. The van der Waals surface area contributed by atoms with Gasteiger partial charge in [0.15, 0.2) is 0 Å². The summed E-state index contributed by atoms with van der Waals surface area (Å²) in [6.45, 7) is 0.120. The van der Waals surface area contributed by atoms with Crippen molar-refractivity contribution in [3.8, 4) is 6.07 Å². The molecule has 3 aromatic rings. The Morgan fingerprint density at radius 3 is 2.38 bits per heavy atom. The Balaban J connectivity index is 1.36. The van der Waals surface area contributed by atoms with Gasteiger partial charge in [-0.05, 0) is 47.5 Å².